The van der Waals surface area contributed by atoms with Crippen LogP contribution in [0, 0.1) is 0 Å². The van der Waals surface area contributed by atoms with Crippen LogP contribution in [0.25, 0.3) is 0 Å². The van der Waals surface area contributed by atoms with E-state index >= 15 is 0 Å². The van der Waals surface area contributed by atoms with Gasteiger partial charge >= 0.3 is 0 Å². The van der Waals surface area contributed by atoms with Gasteiger partial charge in [0.25, 0.3) is 0 Å². The second-order valence-corrected chi connectivity index (χ2v) is 7.38. The maximum atomic E-state index is 5.20. The maximum absolute atomic E-state index is 5.20. The van der Waals surface area contributed by atoms with Gasteiger partial charge in [-0.3, -0.25) is 9.89 Å². The Labute approximate surface area is 149 Å². The van der Waals surface area contributed by atoms with E-state index in [0.29, 0.717) is 12.5 Å². The summed E-state index contributed by atoms with van der Waals surface area (Å²) < 4.78 is 5.20. The molecule has 136 valence electrons. The fourth-order valence-corrected chi connectivity index (χ4v) is 3.39. The predicted octanol–water partition coefficient (Wildman–Crippen LogP) is 2.04. The molecule has 7 heteroatoms. The third-order valence-electron chi connectivity index (χ3n) is 4.13. The van der Waals surface area contributed by atoms with Crippen molar-refractivity contribution < 1.29 is 4.74 Å². The molecule has 0 aromatic carbocycles. The highest BCUT2D eigenvalue weighted by molar-refractivity contribution is 7.09. The zero-order chi connectivity index (χ0) is 17.4. The highest BCUT2D eigenvalue weighted by Gasteiger charge is 2.28. The van der Waals surface area contributed by atoms with Crippen molar-refractivity contribution in [1.82, 2.24) is 20.5 Å². The minimum atomic E-state index is 0.480. The highest BCUT2D eigenvalue weighted by Crippen LogP contribution is 2.25. The number of aliphatic imine (C=N–C) groups is 1. The van der Waals surface area contributed by atoms with E-state index in [1.807, 2.05) is 0 Å². The number of methoxy groups -OCH3 is 1. The average molecular weight is 354 g/mol. The first-order valence-corrected chi connectivity index (χ1v) is 9.63. The molecular formula is C17H31N5OS. The number of hydrogen-bond acceptors (Lipinski definition) is 5. The van der Waals surface area contributed by atoms with Gasteiger partial charge in [-0.1, -0.05) is 13.8 Å². The Bertz CT molecular complexity index is 513. The fourth-order valence-electron chi connectivity index (χ4n) is 2.49. The number of hydrogen-bond donors (Lipinski definition) is 2. The van der Waals surface area contributed by atoms with E-state index in [-0.39, 0.29) is 0 Å². The van der Waals surface area contributed by atoms with Crippen molar-refractivity contribution in [1.29, 1.82) is 0 Å². The summed E-state index contributed by atoms with van der Waals surface area (Å²) in [7, 11) is 3.57. The summed E-state index contributed by atoms with van der Waals surface area (Å²) in [5.74, 6) is 1.31. The van der Waals surface area contributed by atoms with Crippen molar-refractivity contribution >= 4 is 17.3 Å². The van der Waals surface area contributed by atoms with Crippen LogP contribution in [-0.2, 0) is 11.3 Å². The Kier molecular flexibility index (Phi) is 7.94. The summed E-state index contributed by atoms with van der Waals surface area (Å²) >= 11 is 1.70. The molecule has 0 amide bonds. The normalized spacial score (nSPS) is 15.3. The number of nitrogens with one attached hydrogen (secondary N) is 2. The van der Waals surface area contributed by atoms with Crippen molar-refractivity contribution in [2.45, 2.75) is 45.2 Å². The molecule has 1 aliphatic carbocycles. The first-order valence-electron chi connectivity index (χ1n) is 8.75. The quantitative estimate of drug-likeness (QED) is 0.498. The van der Waals surface area contributed by atoms with E-state index in [2.05, 4.69) is 44.7 Å². The van der Waals surface area contributed by atoms with Gasteiger partial charge in [0.05, 0.1) is 18.8 Å². The number of thiazole rings is 1. The van der Waals surface area contributed by atoms with E-state index in [0.717, 1.165) is 48.9 Å². The molecule has 24 heavy (non-hydrogen) atoms. The minimum absolute atomic E-state index is 0.480. The van der Waals surface area contributed by atoms with Crippen LogP contribution >= 0.6 is 11.3 Å². The average Bonchev–Trinajstić information content (AvgIpc) is 3.30. The van der Waals surface area contributed by atoms with E-state index in [4.69, 9.17) is 4.74 Å². The van der Waals surface area contributed by atoms with Gasteiger partial charge in [0.1, 0.15) is 5.01 Å². The molecule has 0 aliphatic heterocycles. The van der Waals surface area contributed by atoms with Crippen molar-refractivity contribution in [2.24, 2.45) is 4.99 Å². The van der Waals surface area contributed by atoms with Crippen LogP contribution in [-0.4, -0.2) is 62.3 Å². The molecule has 1 aromatic heterocycles. The molecule has 1 heterocycles. The number of rotatable bonds is 10. The number of guanidine groups is 1. The molecule has 1 fully saturated rings. The van der Waals surface area contributed by atoms with Crippen molar-refractivity contribution in [3.8, 4) is 0 Å². The zero-order valence-electron chi connectivity index (χ0n) is 15.3. The van der Waals surface area contributed by atoms with Gasteiger partial charge < -0.3 is 15.4 Å². The van der Waals surface area contributed by atoms with E-state index < -0.39 is 0 Å². The monoisotopic (exact) mass is 353 g/mol. The smallest absolute Gasteiger partial charge is 0.191 e. The molecule has 1 aromatic rings. The Hall–Kier alpha value is -1.18. The molecule has 1 saturated carbocycles. The molecular weight excluding hydrogens is 322 g/mol. The first kappa shape index (κ1) is 19.1. The van der Waals surface area contributed by atoms with Gasteiger partial charge in [-0.05, 0) is 18.8 Å². The van der Waals surface area contributed by atoms with Gasteiger partial charge in [0.2, 0.25) is 0 Å². The lowest BCUT2D eigenvalue weighted by Crippen LogP contribution is -2.42. The van der Waals surface area contributed by atoms with Crippen LogP contribution < -0.4 is 10.6 Å². The summed E-state index contributed by atoms with van der Waals surface area (Å²) in [4.78, 5) is 11.4. The Morgan fingerprint density at radius 3 is 2.79 bits per heavy atom. The summed E-state index contributed by atoms with van der Waals surface area (Å²) in [5, 5.41) is 9.97. The SMILES string of the molecule is CN=C(NCCN(CCOC)C1CC1)NCc1nc(C(C)C)cs1. The predicted molar refractivity (Wildman–Crippen MR) is 101 cm³/mol. The molecule has 6 nitrogen and oxygen atoms in total. The number of aromatic nitrogens is 1. The molecule has 0 unspecified atom stereocenters. The summed E-state index contributed by atoms with van der Waals surface area (Å²) in [5.41, 5.74) is 1.16. The lowest BCUT2D eigenvalue weighted by Gasteiger charge is -2.22. The van der Waals surface area contributed by atoms with Crippen LogP contribution in [0.5, 0.6) is 0 Å². The Morgan fingerprint density at radius 1 is 1.42 bits per heavy atom. The molecule has 0 atom stereocenters. The molecule has 0 spiro atoms. The lowest BCUT2D eigenvalue weighted by molar-refractivity contribution is 0.144. The van der Waals surface area contributed by atoms with E-state index in [1.165, 1.54) is 12.8 Å². The van der Waals surface area contributed by atoms with Gasteiger partial charge in [0, 0.05) is 45.2 Å². The zero-order valence-corrected chi connectivity index (χ0v) is 16.2. The van der Waals surface area contributed by atoms with E-state index in [9.17, 15) is 0 Å². The van der Waals surface area contributed by atoms with Crippen molar-refractivity contribution in [2.75, 3.05) is 40.4 Å². The van der Waals surface area contributed by atoms with E-state index in [1.54, 1.807) is 25.5 Å². The second-order valence-electron chi connectivity index (χ2n) is 6.43. The van der Waals surface area contributed by atoms with Crippen LogP contribution in [0.4, 0.5) is 0 Å². The lowest BCUT2D eigenvalue weighted by atomic mass is 10.2. The third-order valence-corrected chi connectivity index (χ3v) is 5.00. The van der Waals surface area contributed by atoms with Gasteiger partial charge in [-0.25, -0.2) is 4.98 Å². The molecule has 0 saturated heterocycles. The highest BCUT2D eigenvalue weighted by atomic mass is 32.1. The van der Waals surface area contributed by atoms with Crippen LogP contribution in [0.1, 0.15) is 43.3 Å². The third kappa shape index (κ3) is 6.37. The van der Waals surface area contributed by atoms with Crippen molar-refractivity contribution in [3.63, 3.8) is 0 Å². The van der Waals surface area contributed by atoms with Crippen LogP contribution in [0.3, 0.4) is 0 Å². The topological polar surface area (TPSA) is 61.8 Å². The largest absolute Gasteiger partial charge is 0.383 e. The Balaban J connectivity index is 1.69. The van der Waals surface area contributed by atoms with Crippen molar-refractivity contribution in [3.05, 3.63) is 16.1 Å². The Morgan fingerprint density at radius 2 is 2.21 bits per heavy atom. The summed E-state index contributed by atoms with van der Waals surface area (Å²) in [6.07, 6.45) is 2.64. The maximum Gasteiger partial charge on any atom is 0.191 e. The fraction of sp³-hybridized carbons (Fsp3) is 0.765. The first-order chi connectivity index (χ1) is 11.6. The molecule has 0 bridgehead atoms. The van der Waals surface area contributed by atoms with Gasteiger partial charge in [-0.2, -0.15) is 0 Å². The molecule has 0 radical (unpaired) electrons. The van der Waals surface area contributed by atoms with Gasteiger partial charge in [-0.15, -0.1) is 11.3 Å². The molecule has 2 N–H and O–H groups in total. The molecule has 2 rings (SSSR count). The standard InChI is InChI=1S/C17H31N5OS/c1-13(2)15-12-24-16(21-15)11-20-17(18-3)19-7-8-22(9-10-23-4)14-5-6-14/h12-14H,5-11H2,1-4H3,(H2,18,19,20). The summed E-state index contributed by atoms with van der Waals surface area (Å²) in [6, 6.07) is 0.752. The minimum Gasteiger partial charge on any atom is -0.383 e. The second kappa shape index (κ2) is 9.96. The summed E-state index contributed by atoms with van der Waals surface area (Å²) in [6.45, 7) is 8.76. The molecule has 1 aliphatic rings. The van der Waals surface area contributed by atoms with Crippen LogP contribution in [0.15, 0.2) is 10.4 Å². The van der Waals surface area contributed by atoms with Gasteiger partial charge in [0.15, 0.2) is 5.96 Å². The number of nitrogens with zero attached hydrogens (tertiary/aromatic N) is 3. The van der Waals surface area contributed by atoms with Crippen LogP contribution in [0.2, 0.25) is 0 Å². The number of ether oxygens (including phenoxy) is 1.